The molecule has 3 saturated carbocycles. The molecule has 0 aromatic rings. The van der Waals surface area contributed by atoms with E-state index in [1.165, 1.54) is 38.5 Å². The van der Waals surface area contributed by atoms with E-state index in [2.05, 4.69) is 0 Å². The molecular weight excluding hydrogens is 152 g/mol. The lowest BCUT2D eigenvalue weighted by molar-refractivity contribution is -0.140. The first kappa shape index (κ1) is 6.93. The minimum atomic E-state index is -0.519. The molecule has 1 N–H and O–H groups in total. The van der Waals surface area contributed by atoms with Gasteiger partial charge in [-0.15, -0.1) is 0 Å². The Morgan fingerprint density at radius 3 is 1.58 bits per heavy atom. The number of hydrogen-bond acceptors (Lipinski definition) is 1. The number of hydrogen-bond donors (Lipinski definition) is 1. The van der Waals surface area contributed by atoms with Crippen molar-refractivity contribution in [3.63, 3.8) is 0 Å². The number of rotatable bonds is 1. The van der Waals surface area contributed by atoms with Crippen molar-refractivity contribution in [3.05, 3.63) is 0 Å². The maximum atomic E-state index is 11.0. The summed E-state index contributed by atoms with van der Waals surface area (Å²) in [5.74, 6) is -0.470. The Labute approximate surface area is 72.0 Å². The van der Waals surface area contributed by atoms with Gasteiger partial charge in [-0.1, -0.05) is 12.8 Å². The molecule has 3 aliphatic rings. The normalized spacial score (nSPS) is 38.8. The van der Waals surface area contributed by atoms with Crippen LogP contribution in [0.25, 0.3) is 0 Å². The standard InChI is InChI=1S/C10H14O2/c11-8(12)7-9(3-1-4-9)10(7)5-2-6-10/h7H,1-6H2,(H,11,12). The largest absolute Gasteiger partial charge is 0.481 e. The second kappa shape index (κ2) is 1.70. The molecule has 0 aromatic carbocycles. The van der Waals surface area contributed by atoms with E-state index in [1.807, 2.05) is 0 Å². The van der Waals surface area contributed by atoms with Crippen molar-refractivity contribution < 1.29 is 9.90 Å². The van der Waals surface area contributed by atoms with Gasteiger partial charge in [0.05, 0.1) is 5.92 Å². The lowest BCUT2D eigenvalue weighted by Crippen LogP contribution is -2.26. The summed E-state index contributed by atoms with van der Waals surface area (Å²) in [4.78, 5) is 11.0. The van der Waals surface area contributed by atoms with E-state index in [1.54, 1.807) is 0 Å². The van der Waals surface area contributed by atoms with Crippen LogP contribution in [-0.4, -0.2) is 11.1 Å². The summed E-state index contributed by atoms with van der Waals surface area (Å²) in [5, 5.41) is 9.05. The van der Waals surface area contributed by atoms with Crippen LogP contribution in [-0.2, 0) is 4.79 Å². The third-order valence-corrected chi connectivity index (χ3v) is 4.75. The molecule has 2 heteroatoms. The van der Waals surface area contributed by atoms with Crippen LogP contribution < -0.4 is 0 Å². The highest BCUT2D eigenvalue weighted by Crippen LogP contribution is 2.84. The molecule has 3 aliphatic carbocycles. The van der Waals surface area contributed by atoms with Crippen LogP contribution in [0.15, 0.2) is 0 Å². The molecule has 66 valence electrons. The van der Waals surface area contributed by atoms with Crippen LogP contribution in [0.5, 0.6) is 0 Å². The minimum Gasteiger partial charge on any atom is -0.481 e. The maximum Gasteiger partial charge on any atom is 0.307 e. The molecule has 2 spiro atoms. The predicted octanol–water partition coefficient (Wildman–Crippen LogP) is 2.04. The fourth-order valence-corrected chi connectivity index (χ4v) is 3.90. The summed E-state index contributed by atoms with van der Waals surface area (Å²) in [7, 11) is 0. The van der Waals surface area contributed by atoms with Crippen molar-refractivity contribution in [2.75, 3.05) is 0 Å². The molecule has 3 fully saturated rings. The predicted molar refractivity (Wildman–Crippen MR) is 43.7 cm³/mol. The number of carbonyl (C=O) groups is 1. The second-order valence-corrected chi connectivity index (χ2v) is 4.79. The van der Waals surface area contributed by atoms with Gasteiger partial charge in [-0.2, -0.15) is 0 Å². The molecule has 0 aliphatic heterocycles. The van der Waals surface area contributed by atoms with Gasteiger partial charge in [-0.3, -0.25) is 4.79 Å². The Morgan fingerprint density at radius 2 is 1.50 bits per heavy atom. The van der Waals surface area contributed by atoms with Crippen LogP contribution in [0.3, 0.4) is 0 Å². The van der Waals surface area contributed by atoms with Crippen LogP contribution in [0.2, 0.25) is 0 Å². The Balaban J connectivity index is 1.91. The number of fused-ring (bicyclic) bond motifs is 1. The van der Waals surface area contributed by atoms with E-state index < -0.39 is 5.97 Å². The molecule has 0 atom stereocenters. The summed E-state index contributed by atoms with van der Waals surface area (Å²) >= 11 is 0. The maximum absolute atomic E-state index is 11.0. The average molecular weight is 166 g/mol. The molecule has 0 bridgehead atoms. The molecular formula is C10H14O2. The highest BCUT2D eigenvalue weighted by atomic mass is 16.4. The molecule has 0 radical (unpaired) electrons. The zero-order chi connectivity index (χ0) is 8.40. The van der Waals surface area contributed by atoms with E-state index in [9.17, 15) is 4.79 Å². The summed E-state index contributed by atoms with van der Waals surface area (Å²) in [5.41, 5.74) is 0.605. The molecule has 0 saturated heterocycles. The topological polar surface area (TPSA) is 37.3 Å². The van der Waals surface area contributed by atoms with Crippen molar-refractivity contribution >= 4 is 5.97 Å². The fraction of sp³-hybridized carbons (Fsp3) is 0.900. The average Bonchev–Trinajstić information content (AvgIpc) is 2.47. The number of carboxylic acid groups (broad SMARTS) is 1. The van der Waals surface area contributed by atoms with Gasteiger partial charge in [0.2, 0.25) is 0 Å². The van der Waals surface area contributed by atoms with Gasteiger partial charge in [-0.25, -0.2) is 0 Å². The van der Waals surface area contributed by atoms with E-state index in [0.717, 1.165) is 0 Å². The zero-order valence-corrected chi connectivity index (χ0v) is 7.18. The molecule has 0 amide bonds. The third kappa shape index (κ3) is 0.459. The molecule has 3 rings (SSSR count). The lowest BCUT2D eigenvalue weighted by atomic mass is 9.67. The first-order valence-corrected chi connectivity index (χ1v) is 4.96. The highest BCUT2D eigenvalue weighted by Gasteiger charge is 2.81. The number of aliphatic carboxylic acids is 1. The quantitative estimate of drug-likeness (QED) is 0.647. The van der Waals surface area contributed by atoms with Gasteiger partial charge in [0.25, 0.3) is 0 Å². The molecule has 0 unspecified atom stereocenters. The third-order valence-electron chi connectivity index (χ3n) is 4.75. The smallest absolute Gasteiger partial charge is 0.307 e. The lowest BCUT2D eigenvalue weighted by Gasteiger charge is -2.37. The van der Waals surface area contributed by atoms with Crippen LogP contribution in [0.1, 0.15) is 38.5 Å². The van der Waals surface area contributed by atoms with Gasteiger partial charge < -0.3 is 5.11 Å². The molecule has 0 heterocycles. The van der Waals surface area contributed by atoms with Crippen molar-refractivity contribution in [2.24, 2.45) is 16.7 Å². The summed E-state index contributed by atoms with van der Waals surface area (Å²) in [6.45, 7) is 0. The van der Waals surface area contributed by atoms with E-state index >= 15 is 0 Å². The SMILES string of the molecule is O=C(O)C1C2(CCC2)C12CCC2. The summed E-state index contributed by atoms with van der Waals surface area (Å²) in [6, 6.07) is 0. The van der Waals surface area contributed by atoms with Gasteiger partial charge in [0, 0.05) is 0 Å². The Kier molecular flexibility index (Phi) is 0.984. The Bertz CT molecular complexity index is 229. The molecule has 12 heavy (non-hydrogen) atoms. The van der Waals surface area contributed by atoms with Gasteiger partial charge >= 0.3 is 5.97 Å². The Morgan fingerprint density at radius 1 is 1.08 bits per heavy atom. The van der Waals surface area contributed by atoms with Crippen LogP contribution >= 0.6 is 0 Å². The second-order valence-electron chi connectivity index (χ2n) is 4.79. The Hall–Kier alpha value is -0.530. The van der Waals surface area contributed by atoms with Crippen molar-refractivity contribution in [1.82, 2.24) is 0 Å². The first-order chi connectivity index (χ1) is 5.73. The van der Waals surface area contributed by atoms with E-state index in [0.29, 0.717) is 10.8 Å². The van der Waals surface area contributed by atoms with Gasteiger partial charge in [0.15, 0.2) is 0 Å². The van der Waals surface area contributed by atoms with Crippen molar-refractivity contribution in [3.8, 4) is 0 Å². The molecule has 2 nitrogen and oxygen atoms in total. The number of carboxylic acids is 1. The fourth-order valence-electron chi connectivity index (χ4n) is 3.90. The minimum absolute atomic E-state index is 0.0486. The summed E-state index contributed by atoms with van der Waals surface area (Å²) in [6.07, 6.45) is 7.33. The van der Waals surface area contributed by atoms with Gasteiger partial charge in [-0.05, 0) is 36.5 Å². The molecule has 0 aromatic heterocycles. The zero-order valence-electron chi connectivity index (χ0n) is 7.18. The monoisotopic (exact) mass is 166 g/mol. The van der Waals surface area contributed by atoms with E-state index in [-0.39, 0.29) is 5.92 Å². The highest BCUT2D eigenvalue weighted by molar-refractivity contribution is 5.78. The summed E-state index contributed by atoms with van der Waals surface area (Å²) < 4.78 is 0. The van der Waals surface area contributed by atoms with E-state index in [4.69, 9.17) is 5.11 Å². The van der Waals surface area contributed by atoms with Crippen LogP contribution in [0.4, 0.5) is 0 Å². The first-order valence-electron chi connectivity index (χ1n) is 4.96. The van der Waals surface area contributed by atoms with Gasteiger partial charge in [0.1, 0.15) is 0 Å². The van der Waals surface area contributed by atoms with Crippen molar-refractivity contribution in [1.29, 1.82) is 0 Å². The van der Waals surface area contributed by atoms with Crippen molar-refractivity contribution in [2.45, 2.75) is 38.5 Å². The van der Waals surface area contributed by atoms with Crippen LogP contribution in [0, 0.1) is 16.7 Å².